The van der Waals surface area contributed by atoms with E-state index in [1.54, 1.807) is 24.8 Å². The van der Waals surface area contributed by atoms with Crippen LogP contribution in [0.2, 0.25) is 0 Å². The van der Waals surface area contributed by atoms with Gasteiger partial charge in [-0.05, 0) is 0 Å². The average Bonchev–Trinajstić information content (AvgIpc) is 1.72. The molecular weight excluding hydrogens is 198 g/mol. The molecule has 0 aliphatic carbocycles. The summed E-state index contributed by atoms with van der Waals surface area (Å²) >= 11 is 0. The van der Waals surface area contributed by atoms with Crippen molar-refractivity contribution in [2.24, 2.45) is 0 Å². The van der Waals surface area contributed by atoms with E-state index in [1.165, 1.54) is 0 Å². The van der Waals surface area contributed by atoms with Gasteiger partial charge in [0.2, 0.25) is 0 Å². The molecule has 0 atom stereocenters. The fourth-order valence-electron chi connectivity index (χ4n) is 0.253. The Morgan fingerprint density at radius 2 is 1.00 bits per heavy atom. The molecule has 1 aromatic rings. The van der Waals surface area contributed by atoms with Gasteiger partial charge in [0.25, 0.3) is 0 Å². The Kier molecular flexibility index (Phi) is 8.91. The van der Waals surface area contributed by atoms with Crippen LogP contribution in [0.4, 0.5) is 0 Å². The van der Waals surface area contributed by atoms with E-state index in [9.17, 15) is 0 Å². The van der Waals surface area contributed by atoms with Crippen LogP contribution in [0.15, 0.2) is 24.8 Å². The molecule has 48 valence electrons. The van der Waals surface area contributed by atoms with Crippen molar-refractivity contribution in [2.45, 2.75) is 0 Å². The van der Waals surface area contributed by atoms with Crippen LogP contribution in [0.3, 0.4) is 0 Å². The summed E-state index contributed by atoms with van der Waals surface area (Å²) in [6.45, 7) is 0. The first-order valence-corrected chi connectivity index (χ1v) is 1.70. The minimum Gasteiger partial charge on any atom is -0.412 e. The fraction of sp³-hybridized carbons (Fsp3) is 0. The van der Waals surface area contributed by atoms with E-state index in [4.69, 9.17) is 0 Å². The minimum atomic E-state index is 0. The molecule has 1 aromatic heterocycles. The molecular formula is C4H6N2OPd. The number of hydrogen-bond acceptors (Lipinski definition) is 2. The molecule has 0 saturated carbocycles. The Balaban J connectivity index is 0. The van der Waals surface area contributed by atoms with Gasteiger partial charge in [0.15, 0.2) is 0 Å². The molecule has 0 aromatic carbocycles. The number of rotatable bonds is 0. The molecule has 1 rings (SSSR count). The molecule has 0 aliphatic rings. The maximum atomic E-state index is 3.72. The van der Waals surface area contributed by atoms with Crippen molar-refractivity contribution < 1.29 is 25.9 Å². The SMILES string of the molecule is O.[Pd].c1cnccn1. The summed E-state index contributed by atoms with van der Waals surface area (Å²) in [7, 11) is 0. The largest absolute Gasteiger partial charge is 0.412 e. The van der Waals surface area contributed by atoms with E-state index < -0.39 is 0 Å². The molecule has 4 heteroatoms. The van der Waals surface area contributed by atoms with Crippen molar-refractivity contribution in [3.63, 3.8) is 0 Å². The molecule has 0 unspecified atom stereocenters. The van der Waals surface area contributed by atoms with Crippen molar-refractivity contribution in [1.29, 1.82) is 0 Å². The van der Waals surface area contributed by atoms with Crippen LogP contribution in [0, 0.1) is 0 Å². The molecule has 0 amide bonds. The zero-order valence-electron chi connectivity index (χ0n) is 4.02. The van der Waals surface area contributed by atoms with E-state index in [0.29, 0.717) is 0 Å². The molecule has 0 aliphatic heterocycles. The second kappa shape index (κ2) is 6.70. The number of nitrogens with zero attached hydrogens (tertiary/aromatic N) is 2. The molecule has 1 heterocycles. The molecule has 0 fully saturated rings. The van der Waals surface area contributed by atoms with E-state index in [0.717, 1.165) is 0 Å². The second-order valence-corrected chi connectivity index (χ2v) is 0.894. The van der Waals surface area contributed by atoms with Crippen LogP contribution < -0.4 is 0 Å². The number of aromatic nitrogens is 2. The summed E-state index contributed by atoms with van der Waals surface area (Å²) in [5, 5.41) is 0. The molecule has 0 saturated heterocycles. The quantitative estimate of drug-likeness (QED) is 0.543. The normalized spacial score (nSPS) is 6.00. The van der Waals surface area contributed by atoms with Crippen molar-refractivity contribution in [2.75, 3.05) is 0 Å². The van der Waals surface area contributed by atoms with E-state index in [1.807, 2.05) is 0 Å². The fourth-order valence-corrected chi connectivity index (χ4v) is 0.253. The van der Waals surface area contributed by atoms with Gasteiger partial charge in [-0.3, -0.25) is 9.97 Å². The topological polar surface area (TPSA) is 57.3 Å². The standard InChI is InChI=1S/C4H4N2.H2O.Pd/c1-2-6-4-3-5-1;;/h1-4H;1H2;. The van der Waals surface area contributed by atoms with Crippen LogP contribution >= 0.6 is 0 Å². The average molecular weight is 205 g/mol. The van der Waals surface area contributed by atoms with Crippen LogP contribution in [0.25, 0.3) is 0 Å². The van der Waals surface area contributed by atoms with Gasteiger partial charge < -0.3 is 5.48 Å². The molecule has 3 nitrogen and oxygen atoms in total. The van der Waals surface area contributed by atoms with Gasteiger partial charge in [0.1, 0.15) is 0 Å². The van der Waals surface area contributed by atoms with Gasteiger partial charge in [0.05, 0.1) is 0 Å². The van der Waals surface area contributed by atoms with Gasteiger partial charge in [-0.25, -0.2) is 0 Å². The molecule has 0 bridgehead atoms. The smallest absolute Gasteiger partial charge is 0.0451 e. The molecule has 2 N–H and O–H groups in total. The van der Waals surface area contributed by atoms with E-state index in [2.05, 4.69) is 9.97 Å². The predicted molar refractivity (Wildman–Crippen MR) is 25.6 cm³/mol. The van der Waals surface area contributed by atoms with E-state index >= 15 is 0 Å². The minimum absolute atomic E-state index is 0. The summed E-state index contributed by atoms with van der Waals surface area (Å²) < 4.78 is 0. The third-order valence-corrected chi connectivity index (χ3v) is 0.478. The summed E-state index contributed by atoms with van der Waals surface area (Å²) in [6, 6.07) is 0. The van der Waals surface area contributed by atoms with Crippen LogP contribution in [-0.4, -0.2) is 15.4 Å². The monoisotopic (exact) mass is 204 g/mol. The molecule has 0 spiro atoms. The summed E-state index contributed by atoms with van der Waals surface area (Å²) in [5.74, 6) is 0. The van der Waals surface area contributed by atoms with Crippen molar-refractivity contribution in [3.8, 4) is 0 Å². The second-order valence-electron chi connectivity index (χ2n) is 0.894. The maximum absolute atomic E-state index is 3.72. The predicted octanol–water partition coefficient (Wildman–Crippen LogP) is -0.351. The molecule has 8 heavy (non-hydrogen) atoms. The first-order chi connectivity index (χ1) is 3.00. The zero-order valence-corrected chi connectivity index (χ0v) is 5.57. The summed E-state index contributed by atoms with van der Waals surface area (Å²) in [5.41, 5.74) is 0. The van der Waals surface area contributed by atoms with Gasteiger partial charge >= 0.3 is 0 Å². The van der Waals surface area contributed by atoms with Gasteiger partial charge in [0, 0.05) is 45.2 Å². The van der Waals surface area contributed by atoms with Crippen LogP contribution in [0.1, 0.15) is 0 Å². The van der Waals surface area contributed by atoms with Crippen molar-refractivity contribution >= 4 is 0 Å². The Morgan fingerprint density at radius 1 is 0.750 bits per heavy atom. The van der Waals surface area contributed by atoms with Crippen LogP contribution in [-0.2, 0) is 20.4 Å². The first kappa shape index (κ1) is 10.6. The third-order valence-electron chi connectivity index (χ3n) is 0.478. The van der Waals surface area contributed by atoms with Gasteiger partial charge in [-0.15, -0.1) is 0 Å². The maximum Gasteiger partial charge on any atom is 0.0451 e. The van der Waals surface area contributed by atoms with Gasteiger partial charge in [-0.2, -0.15) is 0 Å². The molecule has 0 radical (unpaired) electrons. The van der Waals surface area contributed by atoms with Crippen LogP contribution in [0.5, 0.6) is 0 Å². The van der Waals surface area contributed by atoms with Crippen molar-refractivity contribution in [3.05, 3.63) is 24.8 Å². The van der Waals surface area contributed by atoms with Crippen molar-refractivity contribution in [1.82, 2.24) is 9.97 Å². The Labute approximate surface area is 61.1 Å². The Bertz CT molecular complexity index is 86.0. The van der Waals surface area contributed by atoms with E-state index in [-0.39, 0.29) is 25.9 Å². The van der Waals surface area contributed by atoms with Gasteiger partial charge in [-0.1, -0.05) is 0 Å². The number of hydrogen-bond donors (Lipinski definition) is 0. The Morgan fingerprint density at radius 3 is 1.12 bits per heavy atom. The summed E-state index contributed by atoms with van der Waals surface area (Å²) in [6.07, 6.45) is 6.56. The third kappa shape index (κ3) is 3.88. The Hall–Kier alpha value is -0.298. The summed E-state index contributed by atoms with van der Waals surface area (Å²) in [4.78, 5) is 7.44. The first-order valence-electron chi connectivity index (χ1n) is 1.70. The zero-order chi connectivity index (χ0) is 4.24.